The number of carboxylic acids is 1. The average Bonchev–Trinajstić information content (AvgIpc) is 2.89. The second-order valence-electron chi connectivity index (χ2n) is 5.06. The Balaban J connectivity index is 2.60. The molecule has 0 radical (unpaired) electrons. The summed E-state index contributed by atoms with van der Waals surface area (Å²) in [6.45, 7) is 4.22. The molecule has 3 N–H and O–H groups in total. The highest BCUT2D eigenvalue weighted by atomic mass is 16.5. The predicted molar refractivity (Wildman–Crippen MR) is 74.8 cm³/mol. The van der Waals surface area contributed by atoms with Gasteiger partial charge in [0.05, 0.1) is 6.10 Å². The highest BCUT2D eigenvalue weighted by Gasteiger charge is 2.40. The van der Waals surface area contributed by atoms with Crippen molar-refractivity contribution in [2.75, 3.05) is 20.2 Å². The Hall–Kier alpha value is -1.83. The Labute approximate surface area is 123 Å². The van der Waals surface area contributed by atoms with Crippen LogP contribution in [0.5, 0.6) is 0 Å². The molecule has 8 nitrogen and oxygen atoms in total. The van der Waals surface area contributed by atoms with E-state index in [2.05, 4.69) is 10.6 Å². The average molecular weight is 301 g/mol. The number of urea groups is 1. The van der Waals surface area contributed by atoms with Gasteiger partial charge in [-0.2, -0.15) is 0 Å². The maximum atomic E-state index is 12.1. The second-order valence-corrected chi connectivity index (χ2v) is 5.06. The lowest BCUT2D eigenvalue weighted by Crippen LogP contribution is -2.52. The maximum Gasteiger partial charge on any atom is 0.326 e. The molecule has 21 heavy (non-hydrogen) atoms. The van der Waals surface area contributed by atoms with Gasteiger partial charge in [0.15, 0.2) is 0 Å². The number of ether oxygens (including phenoxy) is 1. The zero-order chi connectivity index (χ0) is 16.0. The maximum absolute atomic E-state index is 12.1. The second kappa shape index (κ2) is 7.82. The lowest BCUT2D eigenvalue weighted by molar-refractivity contribution is -0.141. The summed E-state index contributed by atoms with van der Waals surface area (Å²) in [4.78, 5) is 36.2. The Kier molecular flexibility index (Phi) is 6.41. The van der Waals surface area contributed by atoms with Crippen molar-refractivity contribution in [1.29, 1.82) is 0 Å². The third-order valence-corrected chi connectivity index (χ3v) is 3.42. The molecule has 0 bridgehead atoms. The molecule has 120 valence electrons. The molecule has 3 amide bonds. The number of amides is 3. The van der Waals surface area contributed by atoms with Crippen LogP contribution in [0.3, 0.4) is 0 Å². The van der Waals surface area contributed by atoms with Crippen LogP contribution in [0.15, 0.2) is 0 Å². The Bertz CT molecular complexity index is 401. The van der Waals surface area contributed by atoms with E-state index in [1.807, 2.05) is 6.92 Å². The van der Waals surface area contributed by atoms with Crippen molar-refractivity contribution in [2.45, 2.75) is 44.9 Å². The van der Waals surface area contributed by atoms with Crippen molar-refractivity contribution in [3.05, 3.63) is 0 Å². The van der Waals surface area contributed by atoms with Gasteiger partial charge in [0.1, 0.15) is 12.1 Å². The van der Waals surface area contributed by atoms with Crippen LogP contribution in [-0.4, -0.2) is 66.3 Å². The zero-order valence-corrected chi connectivity index (χ0v) is 12.6. The summed E-state index contributed by atoms with van der Waals surface area (Å²) in [5.41, 5.74) is 0. The number of hydrogen-bond donors (Lipinski definition) is 3. The van der Waals surface area contributed by atoms with Crippen LogP contribution in [0.1, 0.15) is 26.7 Å². The number of hydrogen-bond acceptors (Lipinski definition) is 4. The van der Waals surface area contributed by atoms with E-state index in [4.69, 9.17) is 9.84 Å². The molecule has 1 fully saturated rings. The molecule has 1 rings (SSSR count). The largest absolute Gasteiger partial charge is 0.480 e. The number of rotatable bonds is 6. The van der Waals surface area contributed by atoms with Crippen LogP contribution < -0.4 is 10.6 Å². The van der Waals surface area contributed by atoms with Gasteiger partial charge in [-0.3, -0.25) is 4.79 Å². The summed E-state index contributed by atoms with van der Waals surface area (Å²) in [7, 11) is 1.48. The molecule has 3 atom stereocenters. The molecule has 8 heteroatoms. The van der Waals surface area contributed by atoms with Gasteiger partial charge in [0, 0.05) is 26.6 Å². The van der Waals surface area contributed by atoms with E-state index in [1.54, 1.807) is 6.92 Å². The van der Waals surface area contributed by atoms with Crippen LogP contribution in [0, 0.1) is 0 Å². The van der Waals surface area contributed by atoms with E-state index in [0.29, 0.717) is 6.54 Å². The van der Waals surface area contributed by atoms with E-state index in [1.165, 1.54) is 12.0 Å². The normalized spacial score (nSPS) is 22.7. The molecule has 0 spiro atoms. The smallest absolute Gasteiger partial charge is 0.326 e. The molecule has 0 aliphatic carbocycles. The number of carbonyl (C=O) groups excluding carboxylic acids is 2. The van der Waals surface area contributed by atoms with Crippen LogP contribution in [0.4, 0.5) is 4.79 Å². The molecule has 0 aromatic heterocycles. The lowest BCUT2D eigenvalue weighted by atomic mass is 10.2. The summed E-state index contributed by atoms with van der Waals surface area (Å²) >= 11 is 0. The van der Waals surface area contributed by atoms with Crippen LogP contribution >= 0.6 is 0 Å². The van der Waals surface area contributed by atoms with Crippen molar-refractivity contribution in [1.82, 2.24) is 15.5 Å². The molecule has 1 heterocycles. The third-order valence-electron chi connectivity index (χ3n) is 3.42. The van der Waals surface area contributed by atoms with Gasteiger partial charge in [-0.25, -0.2) is 9.59 Å². The standard InChI is InChI=1S/C13H23N3O5/c1-4-5-14-11(17)8(2)15-13(20)16-7-9(21-3)6-10(16)12(18)19/h8-10H,4-7H2,1-3H3,(H,14,17)(H,15,20)(H,18,19). The minimum atomic E-state index is -1.08. The monoisotopic (exact) mass is 301 g/mol. The highest BCUT2D eigenvalue weighted by molar-refractivity contribution is 5.88. The van der Waals surface area contributed by atoms with Crippen LogP contribution in [-0.2, 0) is 14.3 Å². The summed E-state index contributed by atoms with van der Waals surface area (Å²) in [6.07, 6.45) is 0.742. The number of methoxy groups -OCH3 is 1. The predicted octanol–water partition coefficient (Wildman–Crippen LogP) is -0.215. The first-order valence-corrected chi connectivity index (χ1v) is 7.01. The fourth-order valence-corrected chi connectivity index (χ4v) is 2.16. The quantitative estimate of drug-likeness (QED) is 0.629. The van der Waals surface area contributed by atoms with Crippen molar-refractivity contribution in [3.8, 4) is 0 Å². The Morgan fingerprint density at radius 3 is 2.62 bits per heavy atom. The molecular weight excluding hydrogens is 278 g/mol. The van der Waals surface area contributed by atoms with E-state index in [9.17, 15) is 14.4 Å². The summed E-state index contributed by atoms with van der Waals surface area (Å²) in [5.74, 6) is -1.37. The molecule has 0 aromatic rings. The SMILES string of the molecule is CCCNC(=O)C(C)NC(=O)N1CC(OC)CC1C(=O)O. The fourth-order valence-electron chi connectivity index (χ4n) is 2.16. The van der Waals surface area contributed by atoms with E-state index < -0.39 is 24.1 Å². The first-order chi connectivity index (χ1) is 9.90. The number of nitrogens with zero attached hydrogens (tertiary/aromatic N) is 1. The van der Waals surface area contributed by atoms with E-state index in [-0.39, 0.29) is 25.0 Å². The van der Waals surface area contributed by atoms with Crippen molar-refractivity contribution in [2.24, 2.45) is 0 Å². The van der Waals surface area contributed by atoms with Crippen molar-refractivity contribution < 1.29 is 24.2 Å². The molecule has 0 saturated carbocycles. The Morgan fingerprint density at radius 2 is 2.10 bits per heavy atom. The van der Waals surface area contributed by atoms with Crippen LogP contribution in [0.2, 0.25) is 0 Å². The third kappa shape index (κ3) is 4.59. The highest BCUT2D eigenvalue weighted by Crippen LogP contribution is 2.20. The van der Waals surface area contributed by atoms with Crippen molar-refractivity contribution >= 4 is 17.9 Å². The first-order valence-electron chi connectivity index (χ1n) is 7.01. The van der Waals surface area contributed by atoms with Gasteiger partial charge in [-0.05, 0) is 13.3 Å². The van der Waals surface area contributed by atoms with Crippen LogP contribution in [0.25, 0.3) is 0 Å². The first kappa shape index (κ1) is 17.2. The molecule has 3 unspecified atom stereocenters. The number of nitrogens with one attached hydrogen (secondary N) is 2. The minimum absolute atomic E-state index is 0.197. The molecule has 0 aromatic carbocycles. The lowest BCUT2D eigenvalue weighted by Gasteiger charge is -2.23. The van der Waals surface area contributed by atoms with Crippen molar-refractivity contribution in [3.63, 3.8) is 0 Å². The number of likely N-dealkylation sites (tertiary alicyclic amines) is 1. The van der Waals surface area contributed by atoms with E-state index in [0.717, 1.165) is 6.42 Å². The molecule has 1 aliphatic heterocycles. The number of aliphatic carboxylic acids is 1. The molecule has 1 aliphatic rings. The Morgan fingerprint density at radius 1 is 1.43 bits per heavy atom. The zero-order valence-electron chi connectivity index (χ0n) is 12.6. The summed E-state index contributed by atoms with van der Waals surface area (Å²) in [6, 6.07) is -2.22. The number of carbonyl (C=O) groups is 3. The summed E-state index contributed by atoms with van der Waals surface area (Å²) in [5, 5.41) is 14.3. The molecular formula is C13H23N3O5. The van der Waals surface area contributed by atoms with Gasteiger partial charge < -0.3 is 25.4 Å². The molecule has 1 saturated heterocycles. The van der Waals surface area contributed by atoms with Gasteiger partial charge in [0.2, 0.25) is 5.91 Å². The topological polar surface area (TPSA) is 108 Å². The number of carboxylic acid groups (broad SMARTS) is 1. The van der Waals surface area contributed by atoms with Gasteiger partial charge in [-0.15, -0.1) is 0 Å². The van der Waals surface area contributed by atoms with Gasteiger partial charge in [-0.1, -0.05) is 6.92 Å². The van der Waals surface area contributed by atoms with E-state index >= 15 is 0 Å². The minimum Gasteiger partial charge on any atom is -0.480 e. The fraction of sp³-hybridized carbons (Fsp3) is 0.769. The van der Waals surface area contributed by atoms with Gasteiger partial charge >= 0.3 is 12.0 Å². The summed E-state index contributed by atoms with van der Waals surface area (Å²) < 4.78 is 5.11. The van der Waals surface area contributed by atoms with Gasteiger partial charge in [0.25, 0.3) is 0 Å².